The lowest BCUT2D eigenvalue weighted by Crippen LogP contribution is -2.43. The van der Waals surface area contributed by atoms with Crippen LogP contribution in [0.1, 0.15) is 33.1 Å². The van der Waals surface area contributed by atoms with Gasteiger partial charge in [0.1, 0.15) is 5.75 Å². The number of anilines is 1. The molecule has 9 heteroatoms. The Balaban J connectivity index is 1.61. The normalized spacial score (nSPS) is 18.3. The van der Waals surface area contributed by atoms with Crippen molar-refractivity contribution in [3.05, 3.63) is 18.2 Å². The van der Waals surface area contributed by atoms with Crippen molar-refractivity contribution < 1.29 is 22.7 Å². The topological polar surface area (TPSA) is 105 Å². The fourth-order valence-electron chi connectivity index (χ4n) is 3.36. The predicted octanol–water partition coefficient (Wildman–Crippen LogP) is 1.58. The largest absolute Gasteiger partial charge is 0.482 e. The molecule has 2 amide bonds. The third-order valence-corrected chi connectivity index (χ3v) is 6.96. The van der Waals surface area contributed by atoms with Crippen molar-refractivity contribution >= 4 is 27.5 Å². The van der Waals surface area contributed by atoms with Crippen molar-refractivity contribution in [1.29, 1.82) is 0 Å². The molecule has 2 N–H and O–H groups in total. The maximum atomic E-state index is 12.9. The summed E-state index contributed by atoms with van der Waals surface area (Å²) in [5.41, 5.74) is 0.358. The van der Waals surface area contributed by atoms with Gasteiger partial charge in [0.05, 0.1) is 10.6 Å². The molecule has 1 fully saturated rings. The Morgan fingerprint density at radius 3 is 2.71 bits per heavy atom. The number of fused-ring (bicyclic) bond motifs is 1. The number of carbonyl (C=O) groups excluding carboxylic acids is 2. The van der Waals surface area contributed by atoms with Crippen LogP contribution in [-0.2, 0) is 19.6 Å². The fourth-order valence-corrected chi connectivity index (χ4v) is 4.85. The van der Waals surface area contributed by atoms with Gasteiger partial charge in [0.2, 0.25) is 15.9 Å². The first-order chi connectivity index (χ1) is 13.3. The van der Waals surface area contributed by atoms with Crippen LogP contribution in [-0.4, -0.2) is 50.8 Å². The molecule has 0 atom stereocenters. The van der Waals surface area contributed by atoms with Gasteiger partial charge in [-0.25, -0.2) is 8.42 Å². The van der Waals surface area contributed by atoms with E-state index in [2.05, 4.69) is 24.5 Å². The summed E-state index contributed by atoms with van der Waals surface area (Å²) in [7, 11) is -3.70. The summed E-state index contributed by atoms with van der Waals surface area (Å²) < 4.78 is 32.6. The molecular weight excluding hydrogens is 382 g/mol. The lowest BCUT2D eigenvalue weighted by molar-refractivity contribution is -0.126. The molecule has 0 aromatic heterocycles. The van der Waals surface area contributed by atoms with Crippen molar-refractivity contribution in [3.8, 4) is 5.75 Å². The van der Waals surface area contributed by atoms with Gasteiger partial charge in [0, 0.05) is 25.6 Å². The number of nitrogens with zero attached hydrogens (tertiary/aromatic N) is 1. The Kier molecular flexibility index (Phi) is 6.24. The van der Waals surface area contributed by atoms with Gasteiger partial charge >= 0.3 is 0 Å². The third-order valence-electron chi connectivity index (χ3n) is 5.07. The second-order valence-electron chi connectivity index (χ2n) is 7.65. The van der Waals surface area contributed by atoms with Gasteiger partial charge in [0.15, 0.2) is 6.61 Å². The second-order valence-corrected chi connectivity index (χ2v) is 9.58. The summed E-state index contributed by atoms with van der Waals surface area (Å²) in [4.78, 5) is 23.8. The molecule has 154 valence electrons. The number of nitrogens with one attached hydrogen (secondary N) is 2. The average molecular weight is 410 g/mol. The number of ether oxygens (including phenoxy) is 1. The first-order valence-electron chi connectivity index (χ1n) is 9.62. The number of hydrogen-bond donors (Lipinski definition) is 2. The number of piperidine rings is 1. The molecule has 0 spiro atoms. The molecule has 1 aromatic carbocycles. The van der Waals surface area contributed by atoms with E-state index in [1.165, 1.54) is 16.4 Å². The Morgan fingerprint density at radius 1 is 1.32 bits per heavy atom. The maximum absolute atomic E-state index is 12.9. The van der Waals surface area contributed by atoms with E-state index in [0.717, 1.165) is 6.42 Å². The van der Waals surface area contributed by atoms with Gasteiger partial charge in [-0.3, -0.25) is 9.59 Å². The average Bonchev–Trinajstić information content (AvgIpc) is 2.67. The Bertz CT molecular complexity index is 845. The number of benzene rings is 1. The minimum atomic E-state index is -3.70. The Hall–Kier alpha value is -2.13. The zero-order valence-corrected chi connectivity index (χ0v) is 17.0. The summed E-state index contributed by atoms with van der Waals surface area (Å²) in [5, 5.41) is 5.57. The van der Waals surface area contributed by atoms with E-state index in [0.29, 0.717) is 49.8 Å². The van der Waals surface area contributed by atoms with Crippen LogP contribution in [0.5, 0.6) is 5.75 Å². The van der Waals surface area contributed by atoms with E-state index in [1.54, 1.807) is 6.07 Å². The molecular formula is C19H27N3O5S. The zero-order valence-electron chi connectivity index (χ0n) is 16.2. The van der Waals surface area contributed by atoms with Crippen LogP contribution in [0.25, 0.3) is 0 Å². The molecule has 3 rings (SSSR count). The molecule has 28 heavy (non-hydrogen) atoms. The van der Waals surface area contributed by atoms with Gasteiger partial charge < -0.3 is 15.4 Å². The van der Waals surface area contributed by atoms with Crippen molar-refractivity contribution in [3.63, 3.8) is 0 Å². The summed E-state index contributed by atoms with van der Waals surface area (Å²) in [5.74, 6) is 0.516. The SMILES string of the molecule is CC(C)CCNC(=O)C1CCN(S(=O)(=O)c2ccc3c(c2)NC(=O)CO3)CC1. The standard InChI is InChI=1S/C19H27N3O5S/c1-13(2)5-8-20-19(24)14-6-9-22(10-7-14)28(25,26)15-3-4-17-16(11-15)21-18(23)12-27-17/h3-4,11,13-14H,5-10,12H2,1-2H3,(H,20,24)(H,21,23). The maximum Gasteiger partial charge on any atom is 0.262 e. The Labute approximate surface area is 165 Å². The van der Waals surface area contributed by atoms with Crippen molar-refractivity contribution in [2.24, 2.45) is 11.8 Å². The van der Waals surface area contributed by atoms with Gasteiger partial charge in [-0.2, -0.15) is 4.31 Å². The molecule has 2 heterocycles. The van der Waals surface area contributed by atoms with Gasteiger partial charge in [-0.15, -0.1) is 0 Å². The molecule has 0 saturated carbocycles. The third kappa shape index (κ3) is 4.64. The molecule has 8 nitrogen and oxygen atoms in total. The van der Waals surface area contributed by atoms with E-state index >= 15 is 0 Å². The zero-order chi connectivity index (χ0) is 20.3. The van der Waals surface area contributed by atoms with Gasteiger partial charge in [0.25, 0.3) is 5.91 Å². The molecule has 2 aliphatic rings. The smallest absolute Gasteiger partial charge is 0.262 e. The van der Waals surface area contributed by atoms with E-state index in [4.69, 9.17) is 4.74 Å². The fraction of sp³-hybridized carbons (Fsp3) is 0.579. The monoisotopic (exact) mass is 409 g/mol. The molecule has 1 saturated heterocycles. The summed E-state index contributed by atoms with van der Waals surface area (Å²) in [6.45, 7) is 5.38. The molecule has 0 aliphatic carbocycles. The van der Waals surface area contributed by atoms with E-state index in [1.807, 2.05) is 0 Å². The van der Waals surface area contributed by atoms with Gasteiger partial charge in [-0.1, -0.05) is 13.8 Å². The summed E-state index contributed by atoms with van der Waals surface area (Å²) in [6, 6.07) is 4.46. The lowest BCUT2D eigenvalue weighted by atomic mass is 9.97. The summed E-state index contributed by atoms with van der Waals surface area (Å²) in [6.07, 6.45) is 1.92. The van der Waals surface area contributed by atoms with E-state index in [9.17, 15) is 18.0 Å². The highest BCUT2D eigenvalue weighted by molar-refractivity contribution is 7.89. The van der Waals surface area contributed by atoms with Crippen LogP contribution in [0.2, 0.25) is 0 Å². The van der Waals surface area contributed by atoms with Crippen LogP contribution in [0.3, 0.4) is 0 Å². The highest BCUT2D eigenvalue weighted by Gasteiger charge is 2.32. The predicted molar refractivity (Wildman–Crippen MR) is 105 cm³/mol. The summed E-state index contributed by atoms with van der Waals surface area (Å²) >= 11 is 0. The minimum Gasteiger partial charge on any atom is -0.482 e. The lowest BCUT2D eigenvalue weighted by Gasteiger charge is -2.31. The number of hydrogen-bond acceptors (Lipinski definition) is 5. The van der Waals surface area contributed by atoms with Crippen LogP contribution < -0.4 is 15.4 Å². The van der Waals surface area contributed by atoms with Crippen LogP contribution in [0.15, 0.2) is 23.1 Å². The van der Waals surface area contributed by atoms with Crippen molar-refractivity contribution in [2.75, 3.05) is 31.6 Å². The first-order valence-corrected chi connectivity index (χ1v) is 11.1. The molecule has 0 bridgehead atoms. The molecule has 1 aromatic rings. The number of rotatable bonds is 6. The van der Waals surface area contributed by atoms with E-state index in [-0.39, 0.29) is 29.2 Å². The number of carbonyl (C=O) groups is 2. The highest BCUT2D eigenvalue weighted by atomic mass is 32.2. The van der Waals surface area contributed by atoms with Crippen LogP contribution in [0.4, 0.5) is 5.69 Å². The molecule has 0 unspecified atom stereocenters. The highest BCUT2D eigenvalue weighted by Crippen LogP contribution is 2.32. The Morgan fingerprint density at radius 2 is 2.04 bits per heavy atom. The molecule has 2 aliphatic heterocycles. The minimum absolute atomic E-state index is 0.00587. The number of amides is 2. The van der Waals surface area contributed by atoms with Gasteiger partial charge in [-0.05, 0) is 43.4 Å². The second kappa shape index (κ2) is 8.48. The number of sulfonamides is 1. The van der Waals surface area contributed by atoms with Crippen LogP contribution in [0, 0.1) is 11.8 Å². The van der Waals surface area contributed by atoms with E-state index < -0.39 is 10.0 Å². The van der Waals surface area contributed by atoms with Crippen molar-refractivity contribution in [1.82, 2.24) is 9.62 Å². The quantitative estimate of drug-likeness (QED) is 0.742. The van der Waals surface area contributed by atoms with Crippen LogP contribution >= 0.6 is 0 Å². The molecule has 0 radical (unpaired) electrons. The van der Waals surface area contributed by atoms with Crippen molar-refractivity contribution in [2.45, 2.75) is 38.0 Å². The first kappa shape index (κ1) is 20.6.